The number of anilines is 1. The van der Waals surface area contributed by atoms with Gasteiger partial charge in [0.1, 0.15) is 5.82 Å². The molecule has 0 aliphatic rings. The zero-order chi connectivity index (χ0) is 15.2. The predicted molar refractivity (Wildman–Crippen MR) is 82.1 cm³/mol. The molecule has 2 N–H and O–H groups in total. The molecule has 0 bridgehead atoms. The van der Waals surface area contributed by atoms with E-state index in [0.717, 1.165) is 11.1 Å². The fourth-order valence-electron chi connectivity index (χ4n) is 2.09. The summed E-state index contributed by atoms with van der Waals surface area (Å²) in [6.07, 6.45) is 1.66. The van der Waals surface area contributed by atoms with Crippen molar-refractivity contribution in [3.8, 4) is 0 Å². The Morgan fingerprint density at radius 2 is 1.90 bits per heavy atom. The largest absolute Gasteiger partial charge is 0.392 e. The number of nitrogens with one attached hydrogen (secondary N) is 1. The van der Waals surface area contributed by atoms with E-state index in [1.165, 1.54) is 0 Å². The van der Waals surface area contributed by atoms with Crippen LogP contribution in [0.3, 0.4) is 0 Å². The molecule has 1 aromatic carbocycles. The number of aromatic nitrogens is 1. The van der Waals surface area contributed by atoms with Crippen molar-refractivity contribution in [2.45, 2.75) is 13.2 Å². The summed E-state index contributed by atoms with van der Waals surface area (Å²) in [4.78, 5) is 18.3. The second kappa shape index (κ2) is 6.85. The molecule has 0 spiro atoms. The Bertz CT molecular complexity index is 626. The molecule has 1 amide bonds. The zero-order valence-corrected chi connectivity index (χ0v) is 12.2. The average molecular weight is 285 g/mol. The van der Waals surface area contributed by atoms with Gasteiger partial charge in [0.15, 0.2) is 0 Å². The van der Waals surface area contributed by atoms with Crippen molar-refractivity contribution in [3.05, 3.63) is 59.3 Å². The molecule has 0 saturated carbocycles. The van der Waals surface area contributed by atoms with Gasteiger partial charge < -0.3 is 15.3 Å². The van der Waals surface area contributed by atoms with E-state index < -0.39 is 0 Å². The molecule has 2 rings (SSSR count). The fourth-order valence-corrected chi connectivity index (χ4v) is 2.09. The topological polar surface area (TPSA) is 65.5 Å². The minimum atomic E-state index is -0.181. The molecule has 110 valence electrons. The highest BCUT2D eigenvalue weighted by Crippen LogP contribution is 2.15. The van der Waals surface area contributed by atoms with Gasteiger partial charge in [-0.05, 0) is 23.3 Å². The van der Waals surface area contributed by atoms with Gasteiger partial charge in [-0.15, -0.1) is 0 Å². The Kier molecular flexibility index (Phi) is 4.90. The lowest BCUT2D eigenvalue weighted by molar-refractivity contribution is 0.0951. The molecule has 21 heavy (non-hydrogen) atoms. The Morgan fingerprint density at radius 3 is 2.57 bits per heavy atom. The van der Waals surface area contributed by atoms with E-state index in [2.05, 4.69) is 10.3 Å². The van der Waals surface area contributed by atoms with Crippen molar-refractivity contribution in [1.82, 2.24) is 10.3 Å². The number of rotatable bonds is 5. The molecule has 5 nitrogen and oxygen atoms in total. The highest BCUT2D eigenvalue weighted by Gasteiger charge is 2.13. The Morgan fingerprint density at radius 1 is 1.19 bits per heavy atom. The van der Waals surface area contributed by atoms with Crippen LogP contribution in [-0.2, 0) is 13.2 Å². The van der Waals surface area contributed by atoms with Crippen molar-refractivity contribution >= 4 is 11.7 Å². The normalized spacial score (nSPS) is 10.2. The van der Waals surface area contributed by atoms with Crippen molar-refractivity contribution in [2.24, 2.45) is 0 Å². The number of hydrogen-bond donors (Lipinski definition) is 2. The van der Waals surface area contributed by atoms with Gasteiger partial charge >= 0.3 is 0 Å². The maximum absolute atomic E-state index is 12.3. The Labute approximate surface area is 124 Å². The summed E-state index contributed by atoms with van der Waals surface area (Å²) < 4.78 is 0. The lowest BCUT2D eigenvalue weighted by Crippen LogP contribution is -2.26. The molecule has 0 atom stereocenters. The third-order valence-electron chi connectivity index (χ3n) is 3.18. The summed E-state index contributed by atoms with van der Waals surface area (Å²) in [6, 6.07) is 11.0. The smallest absolute Gasteiger partial charge is 0.255 e. The van der Waals surface area contributed by atoms with Gasteiger partial charge in [0.2, 0.25) is 0 Å². The average Bonchev–Trinajstić information content (AvgIpc) is 2.52. The first-order chi connectivity index (χ1) is 10.1. The van der Waals surface area contributed by atoms with E-state index in [1.807, 2.05) is 38.4 Å². The molecule has 0 unspecified atom stereocenters. The molecular formula is C16H19N3O2. The van der Waals surface area contributed by atoms with Gasteiger partial charge in [0.05, 0.1) is 12.2 Å². The Hall–Kier alpha value is -2.40. The quantitative estimate of drug-likeness (QED) is 0.875. The highest BCUT2D eigenvalue weighted by atomic mass is 16.3. The minimum Gasteiger partial charge on any atom is -0.392 e. The second-order valence-corrected chi connectivity index (χ2v) is 4.88. The molecule has 0 saturated heterocycles. The first kappa shape index (κ1) is 15.0. The maximum Gasteiger partial charge on any atom is 0.255 e. The van der Waals surface area contributed by atoms with Crippen molar-refractivity contribution in [1.29, 1.82) is 0 Å². The van der Waals surface area contributed by atoms with Gasteiger partial charge in [-0.1, -0.05) is 24.3 Å². The molecule has 0 aliphatic carbocycles. The van der Waals surface area contributed by atoms with Crippen molar-refractivity contribution < 1.29 is 9.90 Å². The summed E-state index contributed by atoms with van der Waals surface area (Å²) in [5.41, 5.74) is 2.25. The molecule has 5 heteroatoms. The number of benzene rings is 1. The van der Waals surface area contributed by atoms with Gasteiger partial charge in [-0.2, -0.15) is 0 Å². The SMILES string of the molecule is CN(C)c1ncccc1C(=O)NCc1ccccc1CO. The lowest BCUT2D eigenvalue weighted by Gasteiger charge is -2.15. The van der Waals surface area contributed by atoms with E-state index in [1.54, 1.807) is 23.2 Å². The summed E-state index contributed by atoms with van der Waals surface area (Å²) in [7, 11) is 3.69. The number of aliphatic hydroxyl groups is 1. The summed E-state index contributed by atoms with van der Waals surface area (Å²) in [5, 5.41) is 12.2. The second-order valence-electron chi connectivity index (χ2n) is 4.88. The van der Waals surface area contributed by atoms with E-state index in [-0.39, 0.29) is 12.5 Å². The van der Waals surface area contributed by atoms with Crippen LogP contribution < -0.4 is 10.2 Å². The van der Waals surface area contributed by atoms with E-state index >= 15 is 0 Å². The van der Waals surface area contributed by atoms with Crippen LogP contribution in [-0.4, -0.2) is 30.1 Å². The third-order valence-corrected chi connectivity index (χ3v) is 3.18. The minimum absolute atomic E-state index is 0.0398. The van der Waals surface area contributed by atoms with Crippen molar-refractivity contribution in [2.75, 3.05) is 19.0 Å². The van der Waals surface area contributed by atoms with Crippen LogP contribution in [0, 0.1) is 0 Å². The van der Waals surface area contributed by atoms with E-state index in [4.69, 9.17) is 0 Å². The number of amides is 1. The number of nitrogens with zero attached hydrogens (tertiary/aromatic N) is 2. The first-order valence-corrected chi connectivity index (χ1v) is 6.71. The van der Waals surface area contributed by atoms with Crippen LogP contribution in [0.2, 0.25) is 0 Å². The molecule has 1 heterocycles. The van der Waals surface area contributed by atoms with Crippen LogP contribution in [0.5, 0.6) is 0 Å². The number of carbonyl (C=O) groups is 1. The highest BCUT2D eigenvalue weighted by molar-refractivity contribution is 5.98. The predicted octanol–water partition coefficient (Wildman–Crippen LogP) is 1.57. The molecule has 1 aromatic heterocycles. The van der Waals surface area contributed by atoms with Crippen LogP contribution in [0.25, 0.3) is 0 Å². The molecule has 0 aliphatic heterocycles. The lowest BCUT2D eigenvalue weighted by atomic mass is 10.1. The monoisotopic (exact) mass is 285 g/mol. The number of hydrogen-bond acceptors (Lipinski definition) is 4. The summed E-state index contributed by atoms with van der Waals surface area (Å²) in [6.45, 7) is 0.333. The first-order valence-electron chi connectivity index (χ1n) is 6.71. The van der Waals surface area contributed by atoms with E-state index in [0.29, 0.717) is 17.9 Å². The van der Waals surface area contributed by atoms with E-state index in [9.17, 15) is 9.90 Å². The van der Waals surface area contributed by atoms with Gasteiger partial charge in [-0.3, -0.25) is 4.79 Å². The zero-order valence-electron chi connectivity index (χ0n) is 12.2. The molecular weight excluding hydrogens is 266 g/mol. The molecule has 0 fully saturated rings. The number of carbonyl (C=O) groups excluding carboxylic acids is 1. The fraction of sp³-hybridized carbons (Fsp3) is 0.250. The van der Waals surface area contributed by atoms with Gasteiger partial charge in [0.25, 0.3) is 5.91 Å². The van der Waals surface area contributed by atoms with Crippen LogP contribution in [0.15, 0.2) is 42.6 Å². The van der Waals surface area contributed by atoms with Crippen LogP contribution >= 0.6 is 0 Å². The Balaban J connectivity index is 2.12. The summed E-state index contributed by atoms with van der Waals surface area (Å²) in [5.74, 6) is 0.449. The van der Waals surface area contributed by atoms with Crippen LogP contribution in [0.4, 0.5) is 5.82 Å². The standard InChI is InChI=1S/C16H19N3O2/c1-19(2)15-14(8-5-9-17-15)16(21)18-10-12-6-3-4-7-13(12)11-20/h3-9,20H,10-11H2,1-2H3,(H,18,21). The molecule has 0 radical (unpaired) electrons. The van der Waals surface area contributed by atoms with Crippen molar-refractivity contribution in [3.63, 3.8) is 0 Å². The third kappa shape index (κ3) is 3.58. The maximum atomic E-state index is 12.3. The van der Waals surface area contributed by atoms with Crippen LogP contribution in [0.1, 0.15) is 21.5 Å². The van der Waals surface area contributed by atoms with Gasteiger partial charge in [-0.25, -0.2) is 4.98 Å². The number of aliphatic hydroxyl groups excluding tert-OH is 1. The summed E-state index contributed by atoms with van der Waals surface area (Å²) >= 11 is 0. The van der Waals surface area contributed by atoms with Gasteiger partial charge in [0, 0.05) is 26.8 Å². The number of pyridine rings is 1. The molecule has 2 aromatic rings.